The Bertz CT molecular complexity index is 1060. The maximum atomic E-state index is 12.6. The number of non-ortho nitro benzene ring substituents is 1. The third-order valence-electron chi connectivity index (χ3n) is 4.70. The minimum atomic E-state index is -0.586. The second kappa shape index (κ2) is 7.70. The highest BCUT2D eigenvalue weighted by Gasteiger charge is 2.29. The van der Waals surface area contributed by atoms with Gasteiger partial charge < -0.3 is 15.4 Å². The van der Waals surface area contributed by atoms with Crippen LogP contribution in [0.2, 0.25) is 0 Å². The average Bonchev–Trinajstić information content (AvgIpc) is 3.16. The van der Waals surface area contributed by atoms with Crippen LogP contribution in [0.15, 0.2) is 42.5 Å². The van der Waals surface area contributed by atoms with Crippen molar-refractivity contribution in [1.29, 1.82) is 0 Å². The molecule has 4 amide bonds. The number of nitro benzene ring substituents is 1. The summed E-state index contributed by atoms with van der Waals surface area (Å²) in [7, 11) is 0. The zero-order valence-corrected chi connectivity index (χ0v) is 15.7. The molecule has 0 unspecified atom stereocenters. The molecule has 1 fully saturated rings. The van der Waals surface area contributed by atoms with E-state index in [1.54, 1.807) is 29.2 Å². The van der Waals surface area contributed by atoms with E-state index in [-0.39, 0.29) is 36.3 Å². The Balaban J connectivity index is 1.51. The van der Waals surface area contributed by atoms with Crippen molar-refractivity contribution in [2.75, 3.05) is 41.4 Å². The van der Waals surface area contributed by atoms with Crippen LogP contribution in [0.4, 0.5) is 27.5 Å². The van der Waals surface area contributed by atoms with Crippen molar-refractivity contribution in [3.05, 3.63) is 52.6 Å². The molecule has 2 aliphatic rings. The highest BCUT2D eigenvalue weighted by Crippen LogP contribution is 2.35. The topological polar surface area (TPSA) is 134 Å². The Morgan fingerprint density at radius 3 is 2.80 bits per heavy atom. The number of nitrogens with one attached hydrogen (secondary N) is 2. The van der Waals surface area contributed by atoms with Gasteiger partial charge in [-0.1, -0.05) is 6.07 Å². The molecule has 11 heteroatoms. The third-order valence-corrected chi connectivity index (χ3v) is 4.70. The number of nitro groups is 1. The van der Waals surface area contributed by atoms with Crippen LogP contribution in [0.25, 0.3) is 0 Å². The number of carbonyl (C=O) groups is 3. The molecule has 154 valence electrons. The summed E-state index contributed by atoms with van der Waals surface area (Å²) < 4.78 is 5.29. The van der Waals surface area contributed by atoms with E-state index in [0.717, 1.165) is 4.90 Å². The lowest BCUT2D eigenvalue weighted by Gasteiger charge is -2.28. The first kappa shape index (κ1) is 19.2. The zero-order valence-electron chi connectivity index (χ0n) is 15.7. The minimum absolute atomic E-state index is 0.165. The first-order chi connectivity index (χ1) is 14.4. The first-order valence-electron chi connectivity index (χ1n) is 9.09. The highest BCUT2D eigenvalue weighted by molar-refractivity contribution is 6.05. The fraction of sp³-hybridized carbons (Fsp3) is 0.211. The molecule has 0 aromatic heterocycles. The Hall–Kier alpha value is -4.15. The van der Waals surface area contributed by atoms with Gasteiger partial charge in [-0.05, 0) is 24.3 Å². The van der Waals surface area contributed by atoms with Crippen molar-refractivity contribution in [3.8, 4) is 5.75 Å². The second-order valence-electron chi connectivity index (χ2n) is 6.66. The van der Waals surface area contributed by atoms with E-state index < -0.39 is 16.7 Å². The van der Waals surface area contributed by atoms with Crippen LogP contribution in [0.3, 0.4) is 0 Å². The molecule has 0 aliphatic carbocycles. The predicted molar refractivity (Wildman–Crippen MR) is 107 cm³/mol. The average molecular weight is 411 g/mol. The number of benzene rings is 2. The van der Waals surface area contributed by atoms with Gasteiger partial charge in [-0.15, -0.1) is 0 Å². The number of hydrogen-bond donors (Lipinski definition) is 2. The maximum absolute atomic E-state index is 12.6. The Labute approximate surface area is 170 Å². The van der Waals surface area contributed by atoms with Gasteiger partial charge in [0.2, 0.25) is 5.91 Å². The molecule has 2 aromatic carbocycles. The molecule has 2 aliphatic heterocycles. The fourth-order valence-electron chi connectivity index (χ4n) is 3.29. The minimum Gasteiger partial charge on any atom is -0.482 e. The van der Waals surface area contributed by atoms with Gasteiger partial charge in [-0.25, -0.2) is 4.79 Å². The maximum Gasteiger partial charge on any atom is 0.321 e. The highest BCUT2D eigenvalue weighted by atomic mass is 16.6. The van der Waals surface area contributed by atoms with Crippen LogP contribution in [0.5, 0.6) is 5.75 Å². The van der Waals surface area contributed by atoms with Gasteiger partial charge in [0.05, 0.1) is 10.6 Å². The molecule has 0 atom stereocenters. The second-order valence-corrected chi connectivity index (χ2v) is 6.66. The molecular formula is C19H17N5O6. The van der Waals surface area contributed by atoms with Crippen LogP contribution in [0.1, 0.15) is 0 Å². The molecule has 0 radical (unpaired) electrons. The van der Waals surface area contributed by atoms with E-state index in [1.165, 1.54) is 18.2 Å². The largest absolute Gasteiger partial charge is 0.482 e. The van der Waals surface area contributed by atoms with E-state index >= 15 is 0 Å². The number of fused-ring (bicyclic) bond motifs is 1. The molecule has 0 bridgehead atoms. The van der Waals surface area contributed by atoms with Gasteiger partial charge in [-0.2, -0.15) is 0 Å². The molecule has 4 rings (SSSR count). The summed E-state index contributed by atoms with van der Waals surface area (Å²) in [5.74, 6) is -0.693. The summed E-state index contributed by atoms with van der Waals surface area (Å²) >= 11 is 0. The van der Waals surface area contributed by atoms with Crippen LogP contribution < -0.4 is 25.2 Å². The number of amides is 4. The Morgan fingerprint density at radius 1 is 1.23 bits per heavy atom. The molecular weight excluding hydrogens is 394 g/mol. The number of ether oxygens (including phenoxy) is 1. The fourth-order valence-corrected chi connectivity index (χ4v) is 3.29. The normalized spacial score (nSPS) is 15.3. The summed E-state index contributed by atoms with van der Waals surface area (Å²) in [6.45, 7) is 0.455. The van der Waals surface area contributed by atoms with Gasteiger partial charge in [0.15, 0.2) is 6.61 Å². The summed E-state index contributed by atoms with van der Waals surface area (Å²) in [6, 6.07) is 10.4. The van der Waals surface area contributed by atoms with E-state index in [4.69, 9.17) is 4.74 Å². The van der Waals surface area contributed by atoms with Crippen LogP contribution in [0, 0.1) is 10.1 Å². The summed E-state index contributed by atoms with van der Waals surface area (Å²) in [6.07, 6.45) is 0. The van der Waals surface area contributed by atoms with Crippen molar-refractivity contribution in [2.45, 2.75) is 0 Å². The monoisotopic (exact) mass is 411 g/mol. The number of urea groups is 1. The molecule has 2 N–H and O–H groups in total. The summed E-state index contributed by atoms with van der Waals surface area (Å²) in [5.41, 5.74) is 1.04. The van der Waals surface area contributed by atoms with Crippen molar-refractivity contribution in [1.82, 2.24) is 5.32 Å². The van der Waals surface area contributed by atoms with Crippen molar-refractivity contribution >= 4 is 40.6 Å². The van der Waals surface area contributed by atoms with E-state index in [2.05, 4.69) is 10.6 Å². The lowest BCUT2D eigenvalue weighted by Crippen LogP contribution is -2.43. The third kappa shape index (κ3) is 3.72. The lowest BCUT2D eigenvalue weighted by molar-refractivity contribution is -0.384. The lowest BCUT2D eigenvalue weighted by atomic mass is 10.2. The SMILES string of the molecule is O=C(CN1C(=O)COc2ccc([N+](=O)[O-])cc21)Nc1cccc(N2CCNC2=O)c1. The molecule has 30 heavy (non-hydrogen) atoms. The van der Waals surface area contributed by atoms with Gasteiger partial charge in [0, 0.05) is 36.6 Å². The number of hydrogen-bond acceptors (Lipinski definition) is 6. The van der Waals surface area contributed by atoms with Crippen LogP contribution >= 0.6 is 0 Å². The summed E-state index contributed by atoms with van der Waals surface area (Å²) in [5, 5.41) is 16.4. The number of nitrogens with zero attached hydrogens (tertiary/aromatic N) is 3. The van der Waals surface area contributed by atoms with Crippen molar-refractivity contribution in [3.63, 3.8) is 0 Å². The number of carbonyl (C=O) groups excluding carboxylic acids is 3. The number of rotatable bonds is 5. The molecule has 11 nitrogen and oxygen atoms in total. The van der Waals surface area contributed by atoms with Gasteiger partial charge in [0.25, 0.3) is 11.6 Å². The molecule has 2 heterocycles. The molecule has 1 saturated heterocycles. The van der Waals surface area contributed by atoms with Crippen molar-refractivity contribution in [2.24, 2.45) is 0 Å². The zero-order chi connectivity index (χ0) is 21.3. The predicted octanol–water partition coefficient (Wildman–Crippen LogP) is 1.49. The Morgan fingerprint density at radius 2 is 2.07 bits per heavy atom. The standard InChI is InChI=1S/C19H17N5O6/c25-17(21-12-2-1-3-13(8-12)22-7-6-20-19(22)27)10-23-15-9-14(24(28)29)4-5-16(15)30-11-18(23)26/h1-5,8-9H,6-7,10-11H2,(H,20,27)(H,21,25). The van der Waals surface area contributed by atoms with E-state index in [1.807, 2.05) is 0 Å². The Kier molecular flexibility index (Phi) is 4.92. The van der Waals surface area contributed by atoms with Gasteiger partial charge in [0.1, 0.15) is 12.3 Å². The van der Waals surface area contributed by atoms with Crippen LogP contribution in [-0.4, -0.2) is 49.0 Å². The molecule has 0 spiro atoms. The van der Waals surface area contributed by atoms with E-state index in [0.29, 0.717) is 24.5 Å². The van der Waals surface area contributed by atoms with Gasteiger partial charge >= 0.3 is 6.03 Å². The molecule has 2 aromatic rings. The quantitative estimate of drug-likeness (QED) is 0.565. The molecule has 0 saturated carbocycles. The number of anilines is 3. The summed E-state index contributed by atoms with van der Waals surface area (Å²) in [4.78, 5) is 49.9. The van der Waals surface area contributed by atoms with E-state index in [9.17, 15) is 24.5 Å². The van der Waals surface area contributed by atoms with Crippen molar-refractivity contribution < 1.29 is 24.0 Å². The first-order valence-corrected chi connectivity index (χ1v) is 9.09. The smallest absolute Gasteiger partial charge is 0.321 e. The van der Waals surface area contributed by atoms with Gasteiger partial charge in [-0.3, -0.25) is 29.5 Å². The van der Waals surface area contributed by atoms with Crippen LogP contribution in [-0.2, 0) is 9.59 Å².